The molecule has 1 aliphatic carbocycles. The minimum Gasteiger partial charge on any atom is -0.462 e. The number of carbonyl (C=O) groups excluding carboxylic acids is 2. The van der Waals surface area contributed by atoms with Crippen LogP contribution in [-0.2, 0) is 32.7 Å². The van der Waals surface area contributed by atoms with Gasteiger partial charge in [0.25, 0.3) is 0 Å². The van der Waals surface area contributed by atoms with Gasteiger partial charge in [0.1, 0.15) is 43.2 Å². The molecule has 0 spiro atoms. The van der Waals surface area contributed by atoms with Crippen LogP contribution < -0.4 is 0 Å². The second-order valence-corrected chi connectivity index (χ2v) is 19.8. The van der Waals surface area contributed by atoms with E-state index in [0.717, 1.165) is 77.0 Å². The molecule has 13 nitrogen and oxygen atoms in total. The number of phosphoric acid groups is 1. The molecule has 0 amide bonds. The van der Waals surface area contributed by atoms with Crippen molar-refractivity contribution in [2.24, 2.45) is 0 Å². The number of allylic oxidation sites excluding steroid dienone is 4. The Morgan fingerprint density at radius 1 is 0.477 bits per heavy atom. The third-order valence-electron chi connectivity index (χ3n) is 12.3. The molecular weight excluding hydrogens is 852 g/mol. The van der Waals surface area contributed by atoms with E-state index in [-0.39, 0.29) is 12.8 Å². The normalized spacial score (nSPS) is 21.5. The van der Waals surface area contributed by atoms with Gasteiger partial charge in [0.05, 0.1) is 6.61 Å². The number of aliphatic hydroxyl groups excluding tert-OH is 5. The fourth-order valence-electron chi connectivity index (χ4n) is 8.08. The van der Waals surface area contributed by atoms with Crippen LogP contribution in [0.4, 0.5) is 0 Å². The summed E-state index contributed by atoms with van der Waals surface area (Å²) in [5.41, 5.74) is 0. The van der Waals surface area contributed by atoms with Crippen LogP contribution in [0.3, 0.4) is 0 Å². The summed E-state index contributed by atoms with van der Waals surface area (Å²) in [6.45, 7) is 3.31. The molecule has 0 aromatic carbocycles. The first-order valence-corrected chi connectivity index (χ1v) is 27.6. The highest BCUT2D eigenvalue weighted by Crippen LogP contribution is 2.47. The van der Waals surface area contributed by atoms with E-state index in [4.69, 9.17) is 18.5 Å². The molecule has 8 atom stereocenters. The summed E-state index contributed by atoms with van der Waals surface area (Å²) in [7, 11) is -5.12. The number of ether oxygens (including phenoxy) is 2. The van der Waals surface area contributed by atoms with E-state index in [0.29, 0.717) is 12.8 Å². The molecule has 1 rings (SSSR count). The van der Waals surface area contributed by atoms with Crippen molar-refractivity contribution in [3.63, 3.8) is 0 Å². The minimum absolute atomic E-state index is 0.0908. The van der Waals surface area contributed by atoms with E-state index >= 15 is 0 Å². The highest BCUT2D eigenvalue weighted by molar-refractivity contribution is 7.47. The number of esters is 2. The van der Waals surface area contributed by atoms with E-state index in [2.05, 4.69) is 38.2 Å². The molecule has 0 bridgehead atoms. The van der Waals surface area contributed by atoms with Crippen molar-refractivity contribution in [1.82, 2.24) is 0 Å². The summed E-state index contributed by atoms with van der Waals surface area (Å²) in [5.74, 6) is -1.10. The first-order valence-electron chi connectivity index (χ1n) is 26.1. The Morgan fingerprint density at radius 2 is 0.831 bits per heavy atom. The monoisotopic (exact) mass is 947 g/mol. The molecule has 0 aromatic heterocycles. The number of carbonyl (C=O) groups is 2. The van der Waals surface area contributed by atoms with E-state index in [1.807, 2.05) is 0 Å². The fraction of sp³-hybridized carbons (Fsp3) is 0.882. The van der Waals surface area contributed by atoms with Gasteiger partial charge < -0.3 is 39.9 Å². The van der Waals surface area contributed by atoms with Gasteiger partial charge in [0.2, 0.25) is 0 Å². The van der Waals surface area contributed by atoms with Crippen LogP contribution in [0.2, 0.25) is 0 Å². The van der Waals surface area contributed by atoms with Crippen LogP contribution in [0.15, 0.2) is 24.3 Å². The summed E-state index contributed by atoms with van der Waals surface area (Å²) >= 11 is 0. The van der Waals surface area contributed by atoms with Crippen molar-refractivity contribution in [2.45, 2.75) is 275 Å². The van der Waals surface area contributed by atoms with Crippen LogP contribution in [0.1, 0.15) is 232 Å². The van der Waals surface area contributed by atoms with Crippen molar-refractivity contribution in [1.29, 1.82) is 0 Å². The highest BCUT2D eigenvalue weighted by atomic mass is 31.2. The molecule has 0 aliphatic heterocycles. The van der Waals surface area contributed by atoms with E-state index in [9.17, 15) is 44.6 Å². The smallest absolute Gasteiger partial charge is 0.462 e. The lowest BCUT2D eigenvalue weighted by Gasteiger charge is -2.41. The average molecular weight is 947 g/mol. The van der Waals surface area contributed by atoms with Gasteiger partial charge in [-0.05, 0) is 44.9 Å². The van der Waals surface area contributed by atoms with Crippen molar-refractivity contribution >= 4 is 19.8 Å². The molecule has 0 aromatic rings. The topological polar surface area (TPSA) is 210 Å². The maximum absolute atomic E-state index is 12.8. The summed E-state index contributed by atoms with van der Waals surface area (Å²) in [6, 6.07) is 0. The van der Waals surface area contributed by atoms with Gasteiger partial charge in [0.15, 0.2) is 6.10 Å². The Labute approximate surface area is 394 Å². The molecule has 1 aliphatic rings. The maximum atomic E-state index is 12.8. The maximum Gasteiger partial charge on any atom is 0.472 e. The minimum atomic E-state index is -5.12. The Kier molecular flexibility index (Phi) is 39.0. The summed E-state index contributed by atoms with van der Waals surface area (Å²) in [5, 5.41) is 50.3. The Bertz CT molecular complexity index is 1230. The molecule has 382 valence electrons. The lowest BCUT2D eigenvalue weighted by molar-refractivity contribution is -0.220. The molecule has 14 heteroatoms. The summed E-state index contributed by atoms with van der Waals surface area (Å²) in [6.07, 6.45) is 33.6. The van der Waals surface area contributed by atoms with Gasteiger partial charge in [0, 0.05) is 12.8 Å². The molecule has 65 heavy (non-hydrogen) atoms. The molecule has 1 fully saturated rings. The molecule has 1 saturated carbocycles. The molecule has 6 unspecified atom stereocenters. The van der Waals surface area contributed by atoms with Crippen LogP contribution in [0, 0.1) is 0 Å². The van der Waals surface area contributed by atoms with Gasteiger partial charge in [-0.25, -0.2) is 4.57 Å². The largest absolute Gasteiger partial charge is 0.472 e. The van der Waals surface area contributed by atoms with Crippen LogP contribution in [-0.4, -0.2) is 98.3 Å². The summed E-state index contributed by atoms with van der Waals surface area (Å²) < 4.78 is 33.6. The average Bonchev–Trinajstić information content (AvgIpc) is 3.29. The number of hydrogen-bond acceptors (Lipinski definition) is 12. The highest BCUT2D eigenvalue weighted by Gasteiger charge is 2.51. The Balaban J connectivity index is 2.38. The Morgan fingerprint density at radius 3 is 1.28 bits per heavy atom. The lowest BCUT2D eigenvalue weighted by Crippen LogP contribution is -2.64. The SMILES string of the molecule is CCCCC/C=C/C/C=C/CCCCCCCCCC(=O)O[C@@H](COC(=O)CCCCCCCCCCCCCCCCCCCCC)COP(=O)(O)OC1C(O)C(O)C(O)[C@H](O)C1O. The zero-order valence-corrected chi connectivity index (χ0v) is 41.7. The van der Waals surface area contributed by atoms with Gasteiger partial charge in [-0.1, -0.05) is 199 Å². The summed E-state index contributed by atoms with van der Waals surface area (Å²) in [4.78, 5) is 35.8. The predicted molar refractivity (Wildman–Crippen MR) is 258 cm³/mol. The quantitative estimate of drug-likeness (QED) is 0.0146. The van der Waals surface area contributed by atoms with Crippen molar-refractivity contribution in [2.75, 3.05) is 13.2 Å². The van der Waals surface area contributed by atoms with E-state index in [1.165, 1.54) is 116 Å². The number of phosphoric ester groups is 1. The van der Waals surface area contributed by atoms with E-state index in [1.54, 1.807) is 0 Å². The second kappa shape index (κ2) is 41.3. The molecular formula is C51H95O13P. The standard InChI is InChI=1S/C51H95O13P/c1-3-5-7-9-11-13-15-17-19-21-22-24-25-27-29-31-33-35-37-39-44(52)61-41-43(42-62-65(59,60)64-51-49(57)47(55)46(54)48(56)50(51)58)63-45(53)40-38-36-34-32-30-28-26-23-20-18-16-14-12-10-8-6-4-2/h12,14,18,20,43,46-51,54-58H,3-11,13,15-17,19,21-42H2,1-2H3,(H,59,60)/b14-12+,20-18+/t43-,46?,47-,48?,49?,50?,51?/m0/s1. The number of unbranched alkanes of at least 4 members (excludes halogenated alkanes) is 28. The van der Waals surface area contributed by atoms with Crippen molar-refractivity contribution < 1.29 is 63.1 Å². The third-order valence-corrected chi connectivity index (χ3v) is 13.3. The molecule has 0 saturated heterocycles. The lowest BCUT2D eigenvalue weighted by atomic mass is 9.85. The van der Waals surface area contributed by atoms with E-state index < -0.39 is 75.7 Å². The second-order valence-electron chi connectivity index (χ2n) is 18.4. The van der Waals surface area contributed by atoms with Crippen LogP contribution in [0.5, 0.6) is 0 Å². The van der Waals surface area contributed by atoms with Crippen molar-refractivity contribution in [3.8, 4) is 0 Å². The fourth-order valence-corrected chi connectivity index (χ4v) is 9.06. The zero-order chi connectivity index (χ0) is 47.8. The van der Waals surface area contributed by atoms with Gasteiger partial charge in [-0.3, -0.25) is 18.6 Å². The first kappa shape index (κ1) is 61.3. The predicted octanol–water partition coefficient (Wildman–Crippen LogP) is 11.2. The van der Waals surface area contributed by atoms with Gasteiger partial charge in [-0.15, -0.1) is 0 Å². The molecule has 6 N–H and O–H groups in total. The Hall–Kier alpha value is -1.67. The number of hydrogen-bond donors (Lipinski definition) is 6. The van der Waals surface area contributed by atoms with Crippen LogP contribution >= 0.6 is 7.82 Å². The zero-order valence-electron chi connectivity index (χ0n) is 40.8. The van der Waals surface area contributed by atoms with Gasteiger partial charge in [-0.2, -0.15) is 0 Å². The van der Waals surface area contributed by atoms with Gasteiger partial charge >= 0.3 is 19.8 Å². The number of aliphatic hydroxyl groups is 5. The molecule has 0 heterocycles. The molecule has 0 radical (unpaired) electrons. The van der Waals surface area contributed by atoms with Crippen molar-refractivity contribution in [3.05, 3.63) is 24.3 Å². The first-order chi connectivity index (χ1) is 31.4. The third kappa shape index (κ3) is 33.5. The van der Waals surface area contributed by atoms with Crippen LogP contribution in [0.25, 0.3) is 0 Å². The number of rotatable bonds is 44.